The third-order valence-corrected chi connectivity index (χ3v) is 6.36. The minimum absolute atomic E-state index is 0.0327. The van der Waals surface area contributed by atoms with Crippen LogP contribution in [0.4, 0.5) is 22.0 Å². The van der Waals surface area contributed by atoms with Gasteiger partial charge in [0.25, 0.3) is 0 Å². The second-order valence-electron chi connectivity index (χ2n) is 6.94. The lowest BCUT2D eigenvalue weighted by Gasteiger charge is -2.29. The van der Waals surface area contributed by atoms with E-state index < -0.39 is 12.0 Å². The number of hydrogen-bond donors (Lipinski definition) is 2. The van der Waals surface area contributed by atoms with Gasteiger partial charge in [-0.05, 0) is 37.6 Å². The normalized spacial score (nSPS) is 23.2. The van der Waals surface area contributed by atoms with Crippen LogP contribution < -0.4 is 11.1 Å². The molecule has 2 aromatic rings. The molecule has 29 heavy (non-hydrogen) atoms. The maximum atomic E-state index is 13.0. The first-order chi connectivity index (χ1) is 13.8. The Morgan fingerprint density at radius 3 is 2.90 bits per heavy atom. The molecular weight excluding hydrogens is 399 g/mol. The lowest BCUT2D eigenvalue weighted by Crippen LogP contribution is -2.46. The van der Waals surface area contributed by atoms with Crippen molar-refractivity contribution in [2.45, 2.75) is 37.3 Å². The predicted octanol–water partition coefficient (Wildman–Crippen LogP) is 1.83. The van der Waals surface area contributed by atoms with Gasteiger partial charge in [0.2, 0.25) is 17.8 Å². The Balaban J connectivity index is 1.42. The van der Waals surface area contributed by atoms with Gasteiger partial charge in [-0.3, -0.25) is 4.79 Å². The Morgan fingerprint density at radius 1 is 1.38 bits per heavy atom. The first kappa shape index (κ1) is 19.4. The van der Waals surface area contributed by atoms with Crippen molar-refractivity contribution in [1.29, 1.82) is 0 Å². The standard InChI is InChI=1S/C18H19FN6O3S/c1-18-7-6-14(26)25(18)12(9-29-18)15(27)28-8-13-22-16(20)24-17(23-13)21-11-4-2-10(19)3-5-11/h2-5,12H,6-9H2,1H3,(H3,20,21,22,23,24)/t12-,18+/m1/s1. The molecule has 2 aliphatic heterocycles. The smallest absolute Gasteiger partial charge is 0.330 e. The number of aromatic nitrogens is 3. The zero-order chi connectivity index (χ0) is 20.6. The molecule has 3 N–H and O–H groups in total. The van der Waals surface area contributed by atoms with Crippen LogP contribution in [0.25, 0.3) is 0 Å². The number of carbonyl (C=O) groups excluding carboxylic acids is 2. The van der Waals surface area contributed by atoms with Crippen LogP contribution in [0, 0.1) is 5.82 Å². The molecule has 1 aromatic carbocycles. The maximum absolute atomic E-state index is 13.0. The van der Waals surface area contributed by atoms with Gasteiger partial charge in [-0.2, -0.15) is 15.0 Å². The van der Waals surface area contributed by atoms with Crippen molar-refractivity contribution in [3.8, 4) is 0 Å². The summed E-state index contributed by atoms with van der Waals surface area (Å²) in [6.07, 6.45) is 1.17. The quantitative estimate of drug-likeness (QED) is 0.700. The van der Waals surface area contributed by atoms with Crippen LogP contribution in [0.1, 0.15) is 25.6 Å². The molecule has 1 amide bonds. The van der Waals surface area contributed by atoms with E-state index in [1.54, 1.807) is 16.7 Å². The number of nitrogen functional groups attached to an aromatic ring is 1. The van der Waals surface area contributed by atoms with E-state index in [0.29, 0.717) is 17.9 Å². The van der Waals surface area contributed by atoms with E-state index in [2.05, 4.69) is 20.3 Å². The minimum Gasteiger partial charge on any atom is -0.456 e. The lowest BCUT2D eigenvalue weighted by molar-refractivity contribution is -0.154. The summed E-state index contributed by atoms with van der Waals surface area (Å²) < 4.78 is 18.4. The Kier molecular flexibility index (Phi) is 4.99. The van der Waals surface area contributed by atoms with Crippen LogP contribution in [0.3, 0.4) is 0 Å². The van der Waals surface area contributed by atoms with Crippen molar-refractivity contribution >= 4 is 41.2 Å². The van der Waals surface area contributed by atoms with Gasteiger partial charge in [0.15, 0.2) is 12.4 Å². The monoisotopic (exact) mass is 418 g/mol. The molecule has 0 bridgehead atoms. The third-order valence-electron chi connectivity index (χ3n) is 4.86. The number of thioether (sulfide) groups is 1. The molecule has 2 atom stereocenters. The predicted molar refractivity (Wildman–Crippen MR) is 104 cm³/mol. The summed E-state index contributed by atoms with van der Waals surface area (Å²) in [5.74, 6) is -0.133. The molecule has 11 heteroatoms. The van der Waals surface area contributed by atoms with Gasteiger partial charge in [0, 0.05) is 17.9 Å². The van der Waals surface area contributed by atoms with Crippen molar-refractivity contribution in [3.05, 3.63) is 35.9 Å². The highest BCUT2D eigenvalue weighted by Gasteiger charge is 2.53. The van der Waals surface area contributed by atoms with E-state index in [1.165, 1.54) is 24.3 Å². The molecule has 0 saturated carbocycles. The van der Waals surface area contributed by atoms with E-state index in [0.717, 1.165) is 6.42 Å². The summed E-state index contributed by atoms with van der Waals surface area (Å²) in [6, 6.07) is 5.02. The number of benzene rings is 1. The summed E-state index contributed by atoms with van der Waals surface area (Å²) in [5, 5.41) is 2.89. The van der Waals surface area contributed by atoms with Crippen molar-refractivity contribution in [3.63, 3.8) is 0 Å². The molecule has 0 spiro atoms. The molecule has 2 aliphatic rings. The average Bonchev–Trinajstić information content (AvgIpc) is 3.17. The van der Waals surface area contributed by atoms with Gasteiger partial charge < -0.3 is 20.7 Å². The first-order valence-corrected chi connectivity index (χ1v) is 9.98. The molecular formula is C18H19FN6O3S. The summed E-state index contributed by atoms with van der Waals surface area (Å²) in [4.78, 5) is 38.1. The van der Waals surface area contributed by atoms with Crippen molar-refractivity contribution in [2.75, 3.05) is 16.8 Å². The van der Waals surface area contributed by atoms with Gasteiger partial charge in [0.05, 0.1) is 4.87 Å². The van der Waals surface area contributed by atoms with Gasteiger partial charge >= 0.3 is 5.97 Å². The van der Waals surface area contributed by atoms with Gasteiger partial charge in [0.1, 0.15) is 11.9 Å². The molecule has 0 aliphatic carbocycles. The number of anilines is 3. The van der Waals surface area contributed by atoms with Gasteiger partial charge in [-0.25, -0.2) is 9.18 Å². The van der Waals surface area contributed by atoms with Crippen LogP contribution in [0.5, 0.6) is 0 Å². The second-order valence-corrected chi connectivity index (χ2v) is 8.44. The Morgan fingerprint density at radius 2 is 2.14 bits per heavy atom. The van der Waals surface area contributed by atoms with E-state index >= 15 is 0 Å². The highest BCUT2D eigenvalue weighted by molar-refractivity contribution is 8.01. The molecule has 0 radical (unpaired) electrons. The summed E-state index contributed by atoms with van der Waals surface area (Å²) in [5.41, 5.74) is 6.28. The number of nitrogens with zero attached hydrogens (tertiary/aromatic N) is 4. The van der Waals surface area contributed by atoms with Crippen LogP contribution in [0.2, 0.25) is 0 Å². The number of ether oxygens (including phenoxy) is 1. The Bertz CT molecular complexity index is 959. The molecule has 9 nitrogen and oxygen atoms in total. The van der Waals surface area contributed by atoms with Crippen LogP contribution in [-0.4, -0.2) is 48.4 Å². The molecule has 3 heterocycles. The highest BCUT2D eigenvalue weighted by Crippen LogP contribution is 2.47. The van der Waals surface area contributed by atoms with Crippen molar-refractivity contribution < 1.29 is 18.7 Å². The van der Waals surface area contributed by atoms with E-state index in [1.807, 2.05) is 6.92 Å². The molecule has 0 unspecified atom stereocenters. The largest absolute Gasteiger partial charge is 0.456 e. The SMILES string of the molecule is C[C@]12CCC(=O)N1[C@@H](C(=O)OCc1nc(N)nc(Nc3ccc(F)cc3)n1)CS2. The summed E-state index contributed by atoms with van der Waals surface area (Å²) in [6.45, 7) is 1.76. The zero-order valence-electron chi connectivity index (χ0n) is 15.6. The zero-order valence-corrected chi connectivity index (χ0v) is 16.4. The highest BCUT2D eigenvalue weighted by atomic mass is 32.2. The van der Waals surface area contributed by atoms with Crippen molar-refractivity contribution in [1.82, 2.24) is 19.9 Å². The van der Waals surface area contributed by atoms with E-state index in [9.17, 15) is 14.0 Å². The number of hydrogen-bond acceptors (Lipinski definition) is 9. The number of nitrogens with two attached hydrogens (primary N) is 1. The van der Waals surface area contributed by atoms with Gasteiger partial charge in [-0.1, -0.05) is 0 Å². The fourth-order valence-electron chi connectivity index (χ4n) is 3.45. The Hall–Kier alpha value is -2.95. The number of rotatable bonds is 5. The fraction of sp³-hybridized carbons (Fsp3) is 0.389. The summed E-state index contributed by atoms with van der Waals surface area (Å²) >= 11 is 1.59. The average molecular weight is 418 g/mol. The topological polar surface area (TPSA) is 123 Å². The van der Waals surface area contributed by atoms with Crippen LogP contribution >= 0.6 is 11.8 Å². The van der Waals surface area contributed by atoms with Crippen LogP contribution in [0.15, 0.2) is 24.3 Å². The molecule has 152 valence electrons. The Labute approximate surface area is 170 Å². The van der Waals surface area contributed by atoms with Gasteiger partial charge in [-0.15, -0.1) is 11.8 Å². The number of amides is 1. The van der Waals surface area contributed by atoms with Crippen molar-refractivity contribution in [2.24, 2.45) is 0 Å². The molecule has 4 rings (SSSR count). The third kappa shape index (κ3) is 3.95. The minimum atomic E-state index is -0.615. The lowest BCUT2D eigenvalue weighted by atomic mass is 10.2. The number of halogens is 1. The molecule has 2 saturated heterocycles. The molecule has 1 aromatic heterocycles. The number of esters is 1. The number of fused-ring (bicyclic) bond motifs is 1. The summed E-state index contributed by atoms with van der Waals surface area (Å²) in [7, 11) is 0. The first-order valence-electron chi connectivity index (χ1n) is 9.00. The van der Waals surface area contributed by atoms with E-state index in [4.69, 9.17) is 10.5 Å². The number of nitrogens with one attached hydrogen (secondary N) is 1. The molecule has 2 fully saturated rings. The number of carbonyl (C=O) groups is 2. The maximum Gasteiger partial charge on any atom is 0.330 e. The van der Waals surface area contributed by atoms with Crippen LogP contribution in [-0.2, 0) is 20.9 Å². The van der Waals surface area contributed by atoms with E-state index in [-0.39, 0.29) is 40.9 Å². The second kappa shape index (κ2) is 7.47. The fourth-order valence-corrected chi connectivity index (χ4v) is 4.86.